The van der Waals surface area contributed by atoms with Crippen LogP contribution in [0.5, 0.6) is 0 Å². The number of nitrogens with zero attached hydrogens (tertiary/aromatic N) is 1. The van der Waals surface area contributed by atoms with Crippen LogP contribution in [-0.4, -0.2) is 11.0 Å². The minimum absolute atomic E-state index is 0.499. The van der Waals surface area contributed by atoms with Crippen molar-refractivity contribution in [2.75, 3.05) is 0 Å². The summed E-state index contributed by atoms with van der Waals surface area (Å²) in [5, 5.41) is 6.69. The Balaban J connectivity index is 2.16. The van der Waals surface area contributed by atoms with E-state index in [4.69, 9.17) is 0 Å². The predicted molar refractivity (Wildman–Crippen MR) is 79.0 cm³/mol. The van der Waals surface area contributed by atoms with Crippen molar-refractivity contribution in [1.29, 1.82) is 0 Å². The van der Waals surface area contributed by atoms with E-state index in [1.54, 1.807) is 11.3 Å². The van der Waals surface area contributed by atoms with Gasteiger partial charge >= 0.3 is 0 Å². The molecule has 1 aromatic heterocycles. The molecule has 2 nitrogen and oxygen atoms in total. The van der Waals surface area contributed by atoms with Crippen molar-refractivity contribution in [3.8, 4) is 11.3 Å². The molecule has 0 radical (unpaired) electrons. The molecule has 3 heteroatoms. The number of hydrogen-bond donors (Lipinski definition) is 1. The summed E-state index contributed by atoms with van der Waals surface area (Å²) in [6.45, 7) is 9.44. The lowest BCUT2D eigenvalue weighted by molar-refractivity contribution is 0.587. The van der Waals surface area contributed by atoms with Gasteiger partial charge in [-0.1, -0.05) is 26.0 Å². The second kappa shape index (κ2) is 5.63. The highest BCUT2D eigenvalue weighted by atomic mass is 32.1. The average molecular weight is 260 g/mol. The smallest absolute Gasteiger partial charge is 0.107 e. The van der Waals surface area contributed by atoms with E-state index in [1.807, 2.05) is 0 Å². The van der Waals surface area contributed by atoms with Gasteiger partial charge in [0.1, 0.15) is 5.01 Å². The van der Waals surface area contributed by atoms with E-state index in [9.17, 15) is 0 Å². The Morgan fingerprint density at radius 3 is 2.67 bits per heavy atom. The lowest BCUT2D eigenvalue weighted by Gasteiger charge is -2.05. The van der Waals surface area contributed by atoms with Crippen molar-refractivity contribution < 1.29 is 0 Å². The summed E-state index contributed by atoms with van der Waals surface area (Å²) in [4.78, 5) is 4.68. The van der Waals surface area contributed by atoms with Crippen molar-refractivity contribution in [3.63, 3.8) is 0 Å². The molecule has 0 fully saturated rings. The van der Waals surface area contributed by atoms with Crippen molar-refractivity contribution in [2.24, 2.45) is 0 Å². The summed E-state index contributed by atoms with van der Waals surface area (Å²) in [7, 11) is 0. The summed E-state index contributed by atoms with van der Waals surface area (Å²) >= 11 is 1.72. The fourth-order valence-electron chi connectivity index (χ4n) is 1.72. The number of thiazole rings is 1. The van der Waals surface area contributed by atoms with Gasteiger partial charge in [0.05, 0.1) is 5.69 Å². The van der Waals surface area contributed by atoms with Gasteiger partial charge in [0.15, 0.2) is 0 Å². The van der Waals surface area contributed by atoms with Crippen LogP contribution in [0.1, 0.15) is 30.0 Å². The second-order valence-corrected chi connectivity index (χ2v) is 5.90. The third-order valence-corrected chi connectivity index (χ3v) is 3.86. The molecule has 0 amide bonds. The first kappa shape index (κ1) is 13.2. The fourth-order valence-corrected chi connectivity index (χ4v) is 2.47. The highest BCUT2D eigenvalue weighted by molar-refractivity contribution is 7.09. The van der Waals surface area contributed by atoms with Crippen molar-refractivity contribution in [2.45, 2.75) is 40.3 Å². The molecule has 1 aromatic carbocycles. The molecular weight excluding hydrogens is 240 g/mol. The van der Waals surface area contributed by atoms with Gasteiger partial charge in [-0.05, 0) is 31.0 Å². The minimum Gasteiger partial charge on any atom is -0.308 e. The van der Waals surface area contributed by atoms with Crippen LogP contribution in [-0.2, 0) is 6.54 Å². The van der Waals surface area contributed by atoms with E-state index < -0.39 is 0 Å². The molecule has 0 unspecified atom stereocenters. The first-order chi connectivity index (χ1) is 8.56. The van der Waals surface area contributed by atoms with Crippen LogP contribution >= 0.6 is 11.3 Å². The molecule has 2 rings (SSSR count). The van der Waals surface area contributed by atoms with Crippen LogP contribution in [0.3, 0.4) is 0 Å². The normalized spacial score (nSPS) is 11.2. The zero-order valence-electron chi connectivity index (χ0n) is 11.4. The van der Waals surface area contributed by atoms with Crippen LogP contribution in [0, 0.1) is 13.8 Å². The van der Waals surface area contributed by atoms with E-state index >= 15 is 0 Å². The average Bonchev–Trinajstić information content (AvgIpc) is 2.79. The van der Waals surface area contributed by atoms with Crippen LogP contribution in [0.25, 0.3) is 11.3 Å². The molecule has 0 aliphatic heterocycles. The molecule has 0 bridgehead atoms. The lowest BCUT2D eigenvalue weighted by atomic mass is 10.1. The Morgan fingerprint density at radius 2 is 2.00 bits per heavy atom. The summed E-state index contributed by atoms with van der Waals surface area (Å²) in [6.07, 6.45) is 0. The summed E-state index contributed by atoms with van der Waals surface area (Å²) < 4.78 is 0. The highest BCUT2D eigenvalue weighted by Crippen LogP contribution is 2.24. The van der Waals surface area contributed by atoms with Gasteiger partial charge < -0.3 is 5.32 Å². The van der Waals surface area contributed by atoms with Gasteiger partial charge in [0.25, 0.3) is 0 Å². The summed E-state index contributed by atoms with van der Waals surface area (Å²) in [6, 6.07) is 7.02. The highest BCUT2D eigenvalue weighted by Gasteiger charge is 2.06. The van der Waals surface area contributed by atoms with Crippen LogP contribution in [0.4, 0.5) is 0 Å². The van der Waals surface area contributed by atoms with Gasteiger partial charge in [0.2, 0.25) is 0 Å². The fraction of sp³-hybridized carbons (Fsp3) is 0.400. The first-order valence-corrected chi connectivity index (χ1v) is 7.19. The van der Waals surface area contributed by atoms with Gasteiger partial charge in [-0.2, -0.15) is 0 Å². The number of rotatable bonds is 4. The third-order valence-electron chi connectivity index (χ3n) is 3.02. The second-order valence-electron chi connectivity index (χ2n) is 4.96. The largest absolute Gasteiger partial charge is 0.308 e. The Bertz CT molecular complexity index is 529. The number of aromatic nitrogens is 1. The Labute approximate surface area is 113 Å². The van der Waals surface area contributed by atoms with Gasteiger partial charge in [0, 0.05) is 23.5 Å². The van der Waals surface area contributed by atoms with Crippen molar-refractivity contribution >= 4 is 11.3 Å². The number of aryl methyl sites for hydroxylation is 2. The molecule has 0 atom stereocenters. The van der Waals surface area contributed by atoms with Crippen LogP contribution in [0.2, 0.25) is 0 Å². The maximum Gasteiger partial charge on any atom is 0.107 e. The van der Waals surface area contributed by atoms with Gasteiger partial charge in [-0.25, -0.2) is 4.98 Å². The first-order valence-electron chi connectivity index (χ1n) is 6.31. The molecule has 0 spiro atoms. The SMILES string of the molecule is Cc1ccc(-c2csc(CNC(C)C)n2)cc1C. The Hall–Kier alpha value is -1.19. The van der Waals surface area contributed by atoms with E-state index in [0.717, 1.165) is 17.2 Å². The zero-order chi connectivity index (χ0) is 13.1. The van der Waals surface area contributed by atoms with E-state index in [1.165, 1.54) is 16.7 Å². The number of nitrogens with one attached hydrogen (secondary N) is 1. The predicted octanol–water partition coefficient (Wildman–Crippen LogP) is 3.92. The monoisotopic (exact) mass is 260 g/mol. The molecule has 0 aliphatic rings. The lowest BCUT2D eigenvalue weighted by Crippen LogP contribution is -2.21. The van der Waals surface area contributed by atoms with E-state index in [2.05, 4.69) is 61.6 Å². The molecule has 96 valence electrons. The molecule has 0 saturated carbocycles. The van der Waals surface area contributed by atoms with E-state index in [-0.39, 0.29) is 0 Å². The summed E-state index contributed by atoms with van der Waals surface area (Å²) in [5.41, 5.74) is 4.95. The third kappa shape index (κ3) is 3.18. The molecule has 18 heavy (non-hydrogen) atoms. The minimum atomic E-state index is 0.499. The number of benzene rings is 1. The molecule has 1 N–H and O–H groups in total. The molecule has 1 heterocycles. The van der Waals surface area contributed by atoms with Gasteiger partial charge in [-0.15, -0.1) is 11.3 Å². The van der Waals surface area contributed by atoms with Crippen LogP contribution < -0.4 is 5.32 Å². The topological polar surface area (TPSA) is 24.9 Å². The summed E-state index contributed by atoms with van der Waals surface area (Å²) in [5.74, 6) is 0. The molecular formula is C15H20N2S. The standard InChI is InChI=1S/C15H20N2S/c1-10(2)16-8-15-17-14(9-18-15)13-6-5-11(3)12(4)7-13/h5-7,9-10,16H,8H2,1-4H3. The van der Waals surface area contributed by atoms with Crippen LogP contribution in [0.15, 0.2) is 23.6 Å². The number of hydrogen-bond acceptors (Lipinski definition) is 3. The van der Waals surface area contributed by atoms with Crippen molar-refractivity contribution in [1.82, 2.24) is 10.3 Å². The molecule has 2 aromatic rings. The zero-order valence-corrected chi connectivity index (χ0v) is 12.3. The molecule has 0 aliphatic carbocycles. The Morgan fingerprint density at radius 1 is 1.22 bits per heavy atom. The molecule has 0 saturated heterocycles. The maximum atomic E-state index is 4.68. The van der Waals surface area contributed by atoms with Gasteiger partial charge in [-0.3, -0.25) is 0 Å². The van der Waals surface area contributed by atoms with E-state index in [0.29, 0.717) is 6.04 Å². The Kier molecular flexibility index (Phi) is 4.15. The quantitative estimate of drug-likeness (QED) is 0.901. The maximum absolute atomic E-state index is 4.68. The van der Waals surface area contributed by atoms with Crippen molar-refractivity contribution in [3.05, 3.63) is 39.7 Å².